The van der Waals surface area contributed by atoms with E-state index in [9.17, 15) is 4.79 Å². The molecule has 1 aliphatic heterocycles. The van der Waals surface area contributed by atoms with Gasteiger partial charge in [-0.25, -0.2) is 0 Å². The molecule has 2 rings (SSSR count). The number of benzene rings is 1. The molecule has 0 radical (unpaired) electrons. The van der Waals surface area contributed by atoms with Gasteiger partial charge in [0.2, 0.25) is 0 Å². The lowest BCUT2D eigenvalue weighted by Gasteiger charge is -2.32. The molecular formula is C16H24N2O. The molecule has 0 atom stereocenters. The summed E-state index contributed by atoms with van der Waals surface area (Å²) in [7, 11) is 1.86. The summed E-state index contributed by atoms with van der Waals surface area (Å²) in [6.07, 6.45) is 4.86. The molecule has 0 saturated carbocycles. The maximum Gasteiger partial charge on any atom is 0.255 e. The van der Waals surface area contributed by atoms with Crippen LogP contribution in [-0.4, -0.2) is 30.9 Å². The van der Waals surface area contributed by atoms with Gasteiger partial charge in [0, 0.05) is 25.8 Å². The molecule has 0 aromatic heterocycles. The normalized spacial score (nSPS) is 16.4. The third kappa shape index (κ3) is 3.28. The third-order valence-corrected chi connectivity index (χ3v) is 4.03. The monoisotopic (exact) mass is 260 g/mol. The number of amides is 1. The van der Waals surface area contributed by atoms with Gasteiger partial charge in [0.05, 0.1) is 5.56 Å². The zero-order valence-electron chi connectivity index (χ0n) is 12.0. The van der Waals surface area contributed by atoms with Crippen LogP contribution in [-0.2, 0) is 0 Å². The smallest absolute Gasteiger partial charge is 0.255 e. The van der Waals surface area contributed by atoms with Crippen LogP contribution in [0.5, 0.6) is 0 Å². The van der Waals surface area contributed by atoms with E-state index in [2.05, 4.69) is 12.2 Å². The van der Waals surface area contributed by atoms with E-state index in [0.717, 1.165) is 43.1 Å². The largest absolute Gasteiger partial charge is 0.387 e. The number of nitrogens with one attached hydrogen (secondary N) is 1. The molecule has 1 aliphatic rings. The fraction of sp³-hybridized carbons (Fsp3) is 0.562. The van der Waals surface area contributed by atoms with Crippen LogP contribution in [0.3, 0.4) is 0 Å². The summed E-state index contributed by atoms with van der Waals surface area (Å²) in [5.41, 5.74) is 1.71. The van der Waals surface area contributed by atoms with Crippen LogP contribution < -0.4 is 5.32 Å². The number of rotatable bonds is 4. The summed E-state index contributed by atoms with van der Waals surface area (Å²) in [5, 5.41) is 3.10. The Balaban J connectivity index is 2.01. The number of carbonyl (C=O) groups excluding carboxylic acids is 1. The first-order valence-electron chi connectivity index (χ1n) is 7.32. The first-order chi connectivity index (χ1) is 9.26. The van der Waals surface area contributed by atoms with E-state index in [1.54, 1.807) is 0 Å². The molecule has 104 valence electrons. The van der Waals surface area contributed by atoms with E-state index >= 15 is 0 Å². The molecule has 1 amide bonds. The molecule has 1 aromatic carbocycles. The van der Waals surface area contributed by atoms with Crippen LogP contribution in [0, 0.1) is 5.92 Å². The average molecular weight is 260 g/mol. The minimum absolute atomic E-state index is 0.167. The predicted octanol–water partition coefficient (Wildman–Crippen LogP) is 3.38. The lowest BCUT2D eigenvalue weighted by Crippen LogP contribution is -2.38. The van der Waals surface area contributed by atoms with Crippen LogP contribution in [0.4, 0.5) is 5.69 Å². The van der Waals surface area contributed by atoms with Gasteiger partial charge in [0.15, 0.2) is 0 Å². The summed E-state index contributed by atoms with van der Waals surface area (Å²) < 4.78 is 0. The van der Waals surface area contributed by atoms with Crippen LogP contribution in [0.2, 0.25) is 0 Å². The van der Waals surface area contributed by atoms with Crippen molar-refractivity contribution in [2.45, 2.75) is 32.6 Å². The van der Waals surface area contributed by atoms with E-state index in [4.69, 9.17) is 0 Å². The van der Waals surface area contributed by atoms with Crippen molar-refractivity contribution < 1.29 is 4.79 Å². The van der Waals surface area contributed by atoms with Crippen molar-refractivity contribution in [2.75, 3.05) is 25.5 Å². The van der Waals surface area contributed by atoms with Crippen molar-refractivity contribution in [1.82, 2.24) is 4.90 Å². The Labute approximate surface area is 116 Å². The number of carbonyl (C=O) groups is 1. The van der Waals surface area contributed by atoms with Crippen molar-refractivity contribution >= 4 is 11.6 Å². The molecule has 3 nitrogen and oxygen atoms in total. The second-order valence-electron chi connectivity index (χ2n) is 5.32. The van der Waals surface area contributed by atoms with E-state index in [0.29, 0.717) is 0 Å². The summed E-state index contributed by atoms with van der Waals surface area (Å²) in [4.78, 5) is 14.5. The lowest BCUT2D eigenvalue weighted by molar-refractivity contribution is 0.0687. The zero-order chi connectivity index (χ0) is 13.7. The highest BCUT2D eigenvalue weighted by molar-refractivity contribution is 5.99. The maximum absolute atomic E-state index is 12.5. The number of para-hydroxylation sites is 1. The second kappa shape index (κ2) is 6.60. The van der Waals surface area contributed by atoms with Gasteiger partial charge in [0.1, 0.15) is 0 Å². The van der Waals surface area contributed by atoms with Crippen molar-refractivity contribution in [1.29, 1.82) is 0 Å². The Morgan fingerprint density at radius 2 is 2.00 bits per heavy atom. The van der Waals surface area contributed by atoms with Crippen LogP contribution >= 0.6 is 0 Å². The van der Waals surface area contributed by atoms with Crippen molar-refractivity contribution in [3.05, 3.63) is 29.8 Å². The Hall–Kier alpha value is -1.51. The number of hydrogen-bond donors (Lipinski definition) is 1. The maximum atomic E-state index is 12.5. The average Bonchev–Trinajstić information content (AvgIpc) is 2.47. The molecule has 3 heteroatoms. The molecule has 19 heavy (non-hydrogen) atoms. The molecule has 0 bridgehead atoms. The second-order valence-corrected chi connectivity index (χ2v) is 5.32. The minimum atomic E-state index is 0.167. The van der Waals surface area contributed by atoms with Gasteiger partial charge in [-0.15, -0.1) is 0 Å². The van der Waals surface area contributed by atoms with Gasteiger partial charge in [-0.1, -0.05) is 31.9 Å². The quantitative estimate of drug-likeness (QED) is 0.900. The standard InChI is InChI=1S/C16H24N2O/c1-3-6-13-9-11-18(12-10-13)16(19)14-7-4-5-8-15(14)17-2/h4-5,7-8,13,17H,3,6,9-12H2,1-2H3. The van der Waals surface area contributed by atoms with Gasteiger partial charge in [-0.3, -0.25) is 4.79 Å². The molecule has 0 spiro atoms. The number of nitrogens with zero attached hydrogens (tertiary/aromatic N) is 1. The highest BCUT2D eigenvalue weighted by Crippen LogP contribution is 2.24. The van der Waals surface area contributed by atoms with Crippen LogP contribution in [0.1, 0.15) is 43.0 Å². The van der Waals surface area contributed by atoms with Gasteiger partial charge in [-0.05, 0) is 30.9 Å². The molecule has 1 fully saturated rings. The fourth-order valence-corrected chi connectivity index (χ4v) is 2.89. The molecule has 1 saturated heterocycles. The van der Waals surface area contributed by atoms with Gasteiger partial charge >= 0.3 is 0 Å². The van der Waals surface area contributed by atoms with Crippen LogP contribution in [0.25, 0.3) is 0 Å². The third-order valence-electron chi connectivity index (χ3n) is 4.03. The summed E-state index contributed by atoms with van der Waals surface area (Å²) in [5.74, 6) is 0.980. The Morgan fingerprint density at radius 1 is 1.32 bits per heavy atom. The zero-order valence-corrected chi connectivity index (χ0v) is 12.0. The Morgan fingerprint density at radius 3 is 2.63 bits per heavy atom. The molecule has 1 aromatic rings. The fourth-order valence-electron chi connectivity index (χ4n) is 2.89. The summed E-state index contributed by atoms with van der Waals surface area (Å²) >= 11 is 0. The lowest BCUT2D eigenvalue weighted by atomic mass is 9.92. The van der Waals surface area contributed by atoms with Gasteiger partial charge in [-0.2, -0.15) is 0 Å². The van der Waals surface area contributed by atoms with Crippen molar-refractivity contribution in [3.8, 4) is 0 Å². The van der Waals surface area contributed by atoms with E-state index in [1.807, 2.05) is 36.2 Å². The Kier molecular flexibility index (Phi) is 4.83. The van der Waals surface area contributed by atoms with E-state index < -0.39 is 0 Å². The SMILES string of the molecule is CCCC1CCN(C(=O)c2ccccc2NC)CC1. The molecule has 0 aliphatic carbocycles. The molecular weight excluding hydrogens is 236 g/mol. The number of anilines is 1. The van der Waals surface area contributed by atoms with E-state index in [-0.39, 0.29) is 5.91 Å². The molecule has 1 heterocycles. The Bertz CT molecular complexity index is 423. The topological polar surface area (TPSA) is 32.3 Å². The first-order valence-corrected chi connectivity index (χ1v) is 7.32. The highest BCUT2D eigenvalue weighted by Gasteiger charge is 2.24. The van der Waals surface area contributed by atoms with Crippen LogP contribution in [0.15, 0.2) is 24.3 Å². The summed E-state index contributed by atoms with van der Waals surface area (Å²) in [6, 6.07) is 7.75. The van der Waals surface area contributed by atoms with Crippen molar-refractivity contribution in [3.63, 3.8) is 0 Å². The summed E-state index contributed by atoms with van der Waals surface area (Å²) in [6.45, 7) is 4.05. The van der Waals surface area contributed by atoms with Gasteiger partial charge < -0.3 is 10.2 Å². The molecule has 1 N–H and O–H groups in total. The van der Waals surface area contributed by atoms with E-state index in [1.165, 1.54) is 12.8 Å². The predicted molar refractivity (Wildman–Crippen MR) is 79.5 cm³/mol. The number of hydrogen-bond acceptors (Lipinski definition) is 2. The first kappa shape index (κ1) is 13.9. The minimum Gasteiger partial charge on any atom is -0.387 e. The highest BCUT2D eigenvalue weighted by atomic mass is 16.2. The molecule has 0 unspecified atom stereocenters. The van der Waals surface area contributed by atoms with Crippen molar-refractivity contribution in [2.24, 2.45) is 5.92 Å². The number of likely N-dealkylation sites (tertiary alicyclic amines) is 1. The number of piperidine rings is 1. The van der Waals surface area contributed by atoms with Gasteiger partial charge in [0.25, 0.3) is 5.91 Å².